The lowest BCUT2D eigenvalue weighted by molar-refractivity contribution is -0.138. The number of pyridine rings is 1. The summed E-state index contributed by atoms with van der Waals surface area (Å²) in [6.07, 6.45) is 5.62. The van der Waals surface area contributed by atoms with Crippen molar-refractivity contribution < 1.29 is 4.79 Å². The summed E-state index contributed by atoms with van der Waals surface area (Å²) >= 11 is 0. The van der Waals surface area contributed by atoms with Gasteiger partial charge >= 0.3 is 0 Å². The zero-order valence-corrected chi connectivity index (χ0v) is 10.8. The molecule has 3 heteroatoms. The fourth-order valence-electron chi connectivity index (χ4n) is 1.92. The first kappa shape index (κ1) is 12.1. The lowest BCUT2D eigenvalue weighted by Crippen LogP contribution is -2.40. The van der Waals surface area contributed by atoms with Gasteiger partial charge < -0.3 is 4.90 Å². The van der Waals surface area contributed by atoms with Gasteiger partial charge in [0.15, 0.2) is 0 Å². The smallest absolute Gasteiger partial charge is 0.229 e. The Balaban J connectivity index is 2.11. The third-order valence-electron chi connectivity index (χ3n) is 3.50. The van der Waals surface area contributed by atoms with Crippen molar-refractivity contribution >= 4 is 5.91 Å². The van der Waals surface area contributed by atoms with Gasteiger partial charge in [-0.15, -0.1) is 0 Å². The van der Waals surface area contributed by atoms with Crippen LogP contribution in [-0.4, -0.2) is 21.8 Å². The minimum atomic E-state index is -0.0860. The molecule has 17 heavy (non-hydrogen) atoms. The molecule has 0 atom stereocenters. The van der Waals surface area contributed by atoms with Gasteiger partial charge in [0, 0.05) is 30.4 Å². The Morgan fingerprint density at radius 1 is 1.41 bits per heavy atom. The number of aromatic nitrogens is 1. The molecule has 1 aromatic heterocycles. The van der Waals surface area contributed by atoms with Crippen LogP contribution in [0.5, 0.6) is 0 Å². The van der Waals surface area contributed by atoms with E-state index < -0.39 is 0 Å². The Morgan fingerprint density at radius 3 is 2.47 bits per heavy atom. The predicted molar refractivity (Wildman–Crippen MR) is 67.3 cm³/mol. The largest absolute Gasteiger partial charge is 0.335 e. The van der Waals surface area contributed by atoms with Gasteiger partial charge in [0.05, 0.1) is 0 Å². The molecule has 92 valence electrons. The van der Waals surface area contributed by atoms with E-state index in [2.05, 4.69) is 25.8 Å². The predicted octanol–water partition coefficient (Wildman–Crippen LogP) is 2.62. The molecule has 1 amide bonds. The summed E-state index contributed by atoms with van der Waals surface area (Å²) in [7, 11) is 0. The Bertz CT molecular complexity index is 396. The van der Waals surface area contributed by atoms with E-state index in [0.717, 1.165) is 18.4 Å². The number of amides is 1. The normalized spacial score (nSPS) is 16.9. The number of hydrogen-bond acceptors (Lipinski definition) is 2. The second-order valence-electron chi connectivity index (χ2n) is 5.44. The molecule has 0 bridgehead atoms. The van der Waals surface area contributed by atoms with Gasteiger partial charge in [-0.2, -0.15) is 0 Å². The molecule has 0 N–H and O–H groups in total. The average molecular weight is 232 g/mol. The van der Waals surface area contributed by atoms with Crippen molar-refractivity contribution in [1.82, 2.24) is 9.88 Å². The molecule has 1 aromatic rings. The number of rotatable bonds is 4. The number of carbonyl (C=O) groups is 1. The maximum Gasteiger partial charge on any atom is 0.229 e. The van der Waals surface area contributed by atoms with E-state index >= 15 is 0 Å². The van der Waals surface area contributed by atoms with Crippen LogP contribution in [0.3, 0.4) is 0 Å². The van der Waals surface area contributed by atoms with Crippen LogP contribution in [0.15, 0.2) is 24.5 Å². The summed E-state index contributed by atoms with van der Waals surface area (Å²) < 4.78 is 0. The Labute approximate surface area is 103 Å². The minimum absolute atomic E-state index is 0.0860. The first-order valence-corrected chi connectivity index (χ1v) is 6.23. The van der Waals surface area contributed by atoms with Crippen LogP contribution < -0.4 is 0 Å². The summed E-state index contributed by atoms with van der Waals surface area (Å²) in [5.41, 5.74) is 1.06. The monoisotopic (exact) mass is 232 g/mol. The fourth-order valence-corrected chi connectivity index (χ4v) is 1.92. The van der Waals surface area contributed by atoms with Crippen LogP contribution in [0.1, 0.15) is 39.2 Å². The quantitative estimate of drug-likeness (QED) is 0.799. The van der Waals surface area contributed by atoms with Crippen LogP contribution in [0.4, 0.5) is 0 Å². The number of hydrogen-bond donors (Lipinski definition) is 0. The fraction of sp³-hybridized carbons (Fsp3) is 0.571. The maximum atomic E-state index is 12.4. The molecule has 1 saturated carbocycles. The molecule has 2 rings (SSSR count). The Kier molecular flexibility index (Phi) is 3.18. The highest BCUT2D eigenvalue weighted by Gasteiger charge is 2.47. The van der Waals surface area contributed by atoms with E-state index in [1.165, 1.54) is 0 Å². The highest BCUT2D eigenvalue weighted by atomic mass is 16.2. The molecule has 1 aliphatic rings. The summed E-state index contributed by atoms with van der Waals surface area (Å²) in [6, 6.07) is 4.18. The van der Waals surface area contributed by atoms with Crippen molar-refractivity contribution in [1.29, 1.82) is 0 Å². The van der Waals surface area contributed by atoms with E-state index in [9.17, 15) is 4.79 Å². The summed E-state index contributed by atoms with van der Waals surface area (Å²) in [4.78, 5) is 18.4. The Morgan fingerprint density at radius 2 is 2.00 bits per heavy atom. The standard InChI is InChI=1S/C14H20N2O/c1-11(2)16(13(17)14(3)6-7-14)10-12-4-8-15-9-5-12/h4-5,8-9,11H,6-7,10H2,1-3H3. The topological polar surface area (TPSA) is 33.2 Å². The van der Waals surface area contributed by atoms with Gasteiger partial charge in [0.1, 0.15) is 0 Å². The highest BCUT2D eigenvalue weighted by molar-refractivity contribution is 5.85. The molecule has 0 unspecified atom stereocenters. The van der Waals surface area contributed by atoms with Gasteiger partial charge in [0.25, 0.3) is 0 Å². The van der Waals surface area contributed by atoms with Crippen LogP contribution >= 0.6 is 0 Å². The summed E-state index contributed by atoms with van der Waals surface area (Å²) in [6.45, 7) is 6.90. The molecule has 0 saturated heterocycles. The second-order valence-corrected chi connectivity index (χ2v) is 5.44. The van der Waals surface area contributed by atoms with E-state index in [1.807, 2.05) is 17.0 Å². The molecule has 3 nitrogen and oxygen atoms in total. The van der Waals surface area contributed by atoms with E-state index in [0.29, 0.717) is 12.5 Å². The van der Waals surface area contributed by atoms with Crippen molar-refractivity contribution in [3.63, 3.8) is 0 Å². The lowest BCUT2D eigenvalue weighted by Gasteiger charge is -2.29. The van der Waals surface area contributed by atoms with Crippen LogP contribution in [0.2, 0.25) is 0 Å². The SMILES string of the molecule is CC(C)N(Cc1ccncc1)C(=O)C1(C)CC1. The minimum Gasteiger partial charge on any atom is -0.335 e. The maximum absolute atomic E-state index is 12.4. The van der Waals surface area contributed by atoms with Crippen LogP contribution in [0, 0.1) is 5.41 Å². The van der Waals surface area contributed by atoms with Crippen molar-refractivity contribution in [2.24, 2.45) is 5.41 Å². The summed E-state index contributed by atoms with van der Waals surface area (Å²) in [5.74, 6) is 0.296. The Hall–Kier alpha value is -1.38. The van der Waals surface area contributed by atoms with E-state index in [-0.39, 0.29) is 11.5 Å². The number of nitrogens with zero attached hydrogens (tertiary/aromatic N) is 2. The molecule has 1 aliphatic carbocycles. The third-order valence-corrected chi connectivity index (χ3v) is 3.50. The summed E-state index contributed by atoms with van der Waals surface area (Å²) in [5, 5.41) is 0. The second kappa shape index (κ2) is 4.47. The molecule has 0 aliphatic heterocycles. The van der Waals surface area contributed by atoms with Crippen molar-refractivity contribution in [3.05, 3.63) is 30.1 Å². The highest BCUT2D eigenvalue weighted by Crippen LogP contribution is 2.47. The molecular weight excluding hydrogens is 212 g/mol. The first-order chi connectivity index (χ1) is 8.03. The van der Waals surface area contributed by atoms with Crippen molar-refractivity contribution in [3.8, 4) is 0 Å². The molecule has 1 fully saturated rings. The molecule has 0 radical (unpaired) electrons. The third kappa shape index (κ3) is 2.65. The van der Waals surface area contributed by atoms with Crippen LogP contribution in [-0.2, 0) is 11.3 Å². The zero-order valence-electron chi connectivity index (χ0n) is 10.8. The van der Waals surface area contributed by atoms with Crippen molar-refractivity contribution in [2.45, 2.75) is 46.2 Å². The van der Waals surface area contributed by atoms with Gasteiger partial charge in [-0.05, 0) is 44.4 Å². The van der Waals surface area contributed by atoms with E-state index in [4.69, 9.17) is 0 Å². The molecule has 0 spiro atoms. The van der Waals surface area contributed by atoms with Crippen molar-refractivity contribution in [2.75, 3.05) is 0 Å². The molecule has 0 aromatic carbocycles. The van der Waals surface area contributed by atoms with Gasteiger partial charge in [-0.1, -0.05) is 6.92 Å². The average Bonchev–Trinajstić information content (AvgIpc) is 3.06. The number of carbonyl (C=O) groups excluding carboxylic acids is 1. The van der Waals surface area contributed by atoms with Gasteiger partial charge in [-0.25, -0.2) is 0 Å². The molecule has 1 heterocycles. The zero-order chi connectivity index (χ0) is 12.5. The van der Waals surface area contributed by atoms with Gasteiger partial charge in [-0.3, -0.25) is 9.78 Å². The lowest BCUT2D eigenvalue weighted by atomic mass is 10.1. The van der Waals surface area contributed by atoms with Crippen LogP contribution in [0.25, 0.3) is 0 Å². The molecular formula is C14H20N2O. The van der Waals surface area contributed by atoms with E-state index in [1.54, 1.807) is 12.4 Å². The van der Waals surface area contributed by atoms with Gasteiger partial charge in [0.2, 0.25) is 5.91 Å². The first-order valence-electron chi connectivity index (χ1n) is 6.23.